The first-order valence-electron chi connectivity index (χ1n) is 5.86. The lowest BCUT2D eigenvalue weighted by molar-refractivity contribution is -0.116. The third-order valence-corrected chi connectivity index (χ3v) is 2.13. The fourth-order valence-electron chi connectivity index (χ4n) is 1.21. The number of nitrogens with one attached hydrogen (secondary N) is 1. The summed E-state index contributed by atoms with van der Waals surface area (Å²) in [5.41, 5.74) is 0. The van der Waals surface area contributed by atoms with Gasteiger partial charge in [0.2, 0.25) is 5.91 Å². The molecule has 3 heteroatoms. The Labute approximate surface area is 92.6 Å². The van der Waals surface area contributed by atoms with Gasteiger partial charge in [-0.25, -0.2) is 0 Å². The van der Waals surface area contributed by atoms with Gasteiger partial charge in [-0.15, -0.1) is 0 Å². The summed E-state index contributed by atoms with van der Waals surface area (Å²) in [5.74, 6) is -0.0237. The summed E-state index contributed by atoms with van der Waals surface area (Å²) in [4.78, 5) is 11.2. The van der Waals surface area contributed by atoms with Gasteiger partial charge in [-0.3, -0.25) is 4.79 Å². The van der Waals surface area contributed by atoms with Gasteiger partial charge in [0.15, 0.2) is 0 Å². The molecule has 3 nitrogen and oxygen atoms in total. The molecular weight excluding hydrogens is 190 g/mol. The second-order valence-corrected chi connectivity index (χ2v) is 3.62. The van der Waals surface area contributed by atoms with Gasteiger partial charge in [0, 0.05) is 13.2 Å². The van der Waals surface area contributed by atoms with Crippen molar-refractivity contribution >= 4 is 5.91 Å². The van der Waals surface area contributed by atoms with Crippen molar-refractivity contribution < 1.29 is 9.90 Å². The van der Waals surface area contributed by atoms with Crippen molar-refractivity contribution in [3.8, 4) is 0 Å². The Balaban J connectivity index is 3.31. The molecule has 0 aromatic heterocycles. The molecule has 0 atom stereocenters. The van der Waals surface area contributed by atoms with Gasteiger partial charge < -0.3 is 10.4 Å². The molecule has 15 heavy (non-hydrogen) atoms. The van der Waals surface area contributed by atoms with Gasteiger partial charge in [-0.05, 0) is 31.8 Å². The molecule has 0 spiro atoms. The topological polar surface area (TPSA) is 49.3 Å². The molecule has 0 saturated carbocycles. The average molecular weight is 213 g/mol. The molecule has 2 N–H and O–H groups in total. The zero-order valence-corrected chi connectivity index (χ0v) is 9.67. The summed E-state index contributed by atoms with van der Waals surface area (Å²) in [6.45, 7) is 3.01. The van der Waals surface area contributed by atoms with Gasteiger partial charge in [-0.2, -0.15) is 0 Å². The van der Waals surface area contributed by atoms with Crippen molar-refractivity contribution in [2.45, 2.75) is 45.4 Å². The van der Waals surface area contributed by atoms with E-state index in [2.05, 4.69) is 12.2 Å². The number of aliphatic hydroxyl groups excluding tert-OH is 1. The molecule has 0 fully saturated rings. The number of amides is 1. The standard InChI is InChI=1S/C12H23NO2/c1-2-3-4-5-6-9-12(15)13-10-7-8-11-14/h6,9,14H,2-5,7-8,10-11H2,1H3,(H,13,15). The Bertz CT molecular complexity index is 178. The number of aliphatic hydroxyl groups is 1. The molecule has 0 aromatic rings. The first kappa shape index (κ1) is 14.2. The molecule has 0 aliphatic heterocycles. The molecule has 1 amide bonds. The maximum Gasteiger partial charge on any atom is 0.243 e. The minimum absolute atomic E-state index is 0.0237. The second-order valence-electron chi connectivity index (χ2n) is 3.62. The predicted molar refractivity (Wildman–Crippen MR) is 62.6 cm³/mol. The molecule has 0 bridgehead atoms. The second kappa shape index (κ2) is 11.2. The zero-order valence-electron chi connectivity index (χ0n) is 9.67. The zero-order chi connectivity index (χ0) is 11.4. The van der Waals surface area contributed by atoms with Crippen molar-refractivity contribution in [1.82, 2.24) is 5.32 Å². The fourth-order valence-corrected chi connectivity index (χ4v) is 1.21. The Morgan fingerprint density at radius 3 is 2.73 bits per heavy atom. The SMILES string of the molecule is CCCCCC=CC(=O)NCCCCO. The summed E-state index contributed by atoms with van der Waals surface area (Å²) in [5, 5.41) is 11.3. The van der Waals surface area contributed by atoms with Gasteiger partial charge in [-0.1, -0.05) is 25.8 Å². The van der Waals surface area contributed by atoms with Crippen LogP contribution in [0.4, 0.5) is 0 Å². The van der Waals surface area contributed by atoms with Crippen LogP contribution >= 0.6 is 0 Å². The first-order valence-corrected chi connectivity index (χ1v) is 5.86. The number of unbranched alkanes of at least 4 members (excludes halogenated alkanes) is 4. The molecule has 0 aliphatic carbocycles. The monoisotopic (exact) mass is 213 g/mol. The average Bonchev–Trinajstić information content (AvgIpc) is 2.24. The van der Waals surface area contributed by atoms with Crippen LogP contribution in [0.3, 0.4) is 0 Å². The van der Waals surface area contributed by atoms with E-state index >= 15 is 0 Å². The molecule has 0 aliphatic rings. The highest BCUT2D eigenvalue weighted by atomic mass is 16.2. The van der Waals surface area contributed by atoms with Crippen LogP contribution in [0, 0.1) is 0 Å². The van der Waals surface area contributed by atoms with Crippen molar-refractivity contribution in [3.63, 3.8) is 0 Å². The highest BCUT2D eigenvalue weighted by molar-refractivity contribution is 5.87. The number of carbonyl (C=O) groups excluding carboxylic acids is 1. The van der Waals surface area contributed by atoms with Crippen LogP contribution in [0.15, 0.2) is 12.2 Å². The molecule has 0 heterocycles. The number of rotatable bonds is 9. The van der Waals surface area contributed by atoms with Crippen LogP contribution in [0.5, 0.6) is 0 Å². The van der Waals surface area contributed by atoms with Crippen LogP contribution in [0.2, 0.25) is 0 Å². The third-order valence-electron chi connectivity index (χ3n) is 2.13. The smallest absolute Gasteiger partial charge is 0.243 e. The Morgan fingerprint density at radius 1 is 1.27 bits per heavy atom. The van der Waals surface area contributed by atoms with E-state index in [0.29, 0.717) is 6.54 Å². The molecule has 0 saturated heterocycles. The number of hydrogen-bond donors (Lipinski definition) is 2. The largest absolute Gasteiger partial charge is 0.396 e. The van der Waals surface area contributed by atoms with Crippen molar-refractivity contribution in [1.29, 1.82) is 0 Å². The normalized spacial score (nSPS) is 10.8. The lowest BCUT2D eigenvalue weighted by Crippen LogP contribution is -2.22. The van der Waals surface area contributed by atoms with Crippen molar-refractivity contribution in [2.24, 2.45) is 0 Å². The highest BCUT2D eigenvalue weighted by Gasteiger charge is 1.93. The summed E-state index contributed by atoms with van der Waals surface area (Å²) in [6, 6.07) is 0. The lowest BCUT2D eigenvalue weighted by Gasteiger charge is -2.00. The van der Waals surface area contributed by atoms with E-state index in [1.807, 2.05) is 6.08 Å². The van der Waals surface area contributed by atoms with Gasteiger partial charge >= 0.3 is 0 Å². The van der Waals surface area contributed by atoms with Crippen molar-refractivity contribution in [2.75, 3.05) is 13.2 Å². The van der Waals surface area contributed by atoms with Crippen LogP contribution < -0.4 is 5.32 Å². The van der Waals surface area contributed by atoms with E-state index in [9.17, 15) is 4.79 Å². The Hall–Kier alpha value is -0.830. The predicted octanol–water partition coefficient (Wildman–Crippen LogP) is 2.01. The maximum atomic E-state index is 11.2. The summed E-state index contributed by atoms with van der Waals surface area (Å²) in [7, 11) is 0. The summed E-state index contributed by atoms with van der Waals surface area (Å²) < 4.78 is 0. The van der Waals surface area contributed by atoms with E-state index in [4.69, 9.17) is 5.11 Å². The molecule has 88 valence electrons. The number of allylic oxidation sites excluding steroid dienone is 1. The van der Waals surface area contributed by atoms with Crippen LogP contribution in [0.25, 0.3) is 0 Å². The molecule has 0 unspecified atom stereocenters. The first-order chi connectivity index (χ1) is 7.31. The highest BCUT2D eigenvalue weighted by Crippen LogP contribution is 1.99. The number of hydrogen-bond acceptors (Lipinski definition) is 2. The van der Waals surface area contributed by atoms with E-state index in [1.54, 1.807) is 6.08 Å². The minimum atomic E-state index is -0.0237. The van der Waals surface area contributed by atoms with E-state index in [-0.39, 0.29) is 12.5 Å². The summed E-state index contributed by atoms with van der Waals surface area (Å²) >= 11 is 0. The molecule has 0 radical (unpaired) electrons. The minimum Gasteiger partial charge on any atom is -0.396 e. The molecule has 0 aromatic carbocycles. The third kappa shape index (κ3) is 11.1. The van der Waals surface area contributed by atoms with Crippen LogP contribution in [-0.2, 0) is 4.79 Å². The van der Waals surface area contributed by atoms with E-state index < -0.39 is 0 Å². The summed E-state index contributed by atoms with van der Waals surface area (Å²) in [6.07, 6.45) is 9.70. The van der Waals surface area contributed by atoms with Crippen LogP contribution in [-0.4, -0.2) is 24.2 Å². The van der Waals surface area contributed by atoms with Crippen molar-refractivity contribution in [3.05, 3.63) is 12.2 Å². The van der Waals surface area contributed by atoms with Crippen LogP contribution in [0.1, 0.15) is 45.4 Å². The van der Waals surface area contributed by atoms with Gasteiger partial charge in [0.05, 0.1) is 0 Å². The molecule has 0 rings (SSSR count). The van der Waals surface area contributed by atoms with Gasteiger partial charge in [0.25, 0.3) is 0 Å². The van der Waals surface area contributed by atoms with E-state index in [0.717, 1.165) is 25.7 Å². The Kier molecular flexibility index (Phi) is 10.6. The Morgan fingerprint density at radius 2 is 2.07 bits per heavy atom. The number of carbonyl (C=O) groups is 1. The quantitative estimate of drug-likeness (QED) is 0.454. The lowest BCUT2D eigenvalue weighted by atomic mass is 10.2. The van der Waals surface area contributed by atoms with E-state index in [1.165, 1.54) is 12.8 Å². The maximum absolute atomic E-state index is 11.2. The fraction of sp³-hybridized carbons (Fsp3) is 0.750. The van der Waals surface area contributed by atoms with Gasteiger partial charge in [0.1, 0.15) is 0 Å². The molecular formula is C12H23NO2.